The summed E-state index contributed by atoms with van der Waals surface area (Å²) in [6, 6.07) is 4.06. The molecule has 6 heteroatoms. The Morgan fingerprint density at radius 3 is 2.00 bits per heavy atom. The Bertz CT molecular complexity index is 473. The third kappa shape index (κ3) is 1.95. The van der Waals surface area contributed by atoms with E-state index in [4.69, 9.17) is 0 Å². The molecule has 0 bridgehead atoms. The predicted molar refractivity (Wildman–Crippen MR) is 60.8 cm³/mol. The lowest BCUT2D eigenvalue weighted by atomic mass is 9.85. The number of hydrogen-bond acceptors (Lipinski definition) is 3. The number of phenols is 1. The first-order chi connectivity index (χ1) is 8.08. The highest BCUT2D eigenvalue weighted by molar-refractivity contribution is 5.44. The quantitative estimate of drug-likeness (QED) is 0.680. The zero-order chi connectivity index (χ0) is 13.8. The molecule has 0 spiro atoms. The van der Waals surface area contributed by atoms with Crippen molar-refractivity contribution in [3.05, 3.63) is 29.3 Å². The Balaban J connectivity index is 2.43. The van der Waals surface area contributed by atoms with Gasteiger partial charge in [0, 0.05) is 5.56 Å². The van der Waals surface area contributed by atoms with E-state index in [1.807, 2.05) is 20.8 Å². The summed E-state index contributed by atoms with van der Waals surface area (Å²) in [5, 5.41) is 9.86. The molecule has 0 atom stereocenters. The molecule has 0 radical (unpaired) electrons. The smallest absolute Gasteiger partial charge is 0.426 e. The summed E-state index contributed by atoms with van der Waals surface area (Å²) < 4.78 is 38.5. The van der Waals surface area contributed by atoms with Crippen molar-refractivity contribution in [3.8, 4) is 5.75 Å². The number of aromatic hydroxyl groups is 1. The van der Waals surface area contributed by atoms with Crippen molar-refractivity contribution in [1.29, 1.82) is 0 Å². The summed E-state index contributed by atoms with van der Waals surface area (Å²) in [6.07, 6.45) is -4.46. The minimum Gasteiger partial charge on any atom is -0.508 e. The molecular formula is C12H15F3N2O. The number of hydrazine groups is 1. The first-order valence-corrected chi connectivity index (χ1v) is 5.53. The zero-order valence-corrected chi connectivity index (χ0v) is 10.3. The van der Waals surface area contributed by atoms with Crippen LogP contribution in [0.25, 0.3) is 0 Å². The molecule has 1 heterocycles. The lowest BCUT2D eigenvalue weighted by Gasteiger charge is -2.22. The fourth-order valence-electron chi connectivity index (χ4n) is 1.91. The van der Waals surface area contributed by atoms with Crippen LogP contribution >= 0.6 is 0 Å². The first-order valence-electron chi connectivity index (χ1n) is 5.53. The molecule has 2 rings (SSSR count). The van der Waals surface area contributed by atoms with E-state index in [9.17, 15) is 18.3 Å². The standard InChI is InChI=1S/C12H15F3N2O/c1-10(2,3)8-5-4-7(6-9(8)18)11(16-17-11)12(13,14)15/h4-6,16-18H,1-3H3. The second-order valence-corrected chi connectivity index (χ2v) is 5.48. The van der Waals surface area contributed by atoms with E-state index >= 15 is 0 Å². The Morgan fingerprint density at radius 2 is 1.67 bits per heavy atom. The average Bonchev–Trinajstić information content (AvgIpc) is 2.94. The second-order valence-electron chi connectivity index (χ2n) is 5.48. The van der Waals surface area contributed by atoms with E-state index < -0.39 is 11.8 Å². The average molecular weight is 260 g/mol. The van der Waals surface area contributed by atoms with Crippen molar-refractivity contribution in [2.75, 3.05) is 0 Å². The maximum atomic E-state index is 12.8. The van der Waals surface area contributed by atoms with Crippen LogP contribution in [0.5, 0.6) is 5.75 Å². The predicted octanol–water partition coefficient (Wildman–Crippen LogP) is 2.51. The van der Waals surface area contributed by atoms with Crippen LogP contribution in [-0.4, -0.2) is 11.3 Å². The second kappa shape index (κ2) is 3.61. The molecule has 18 heavy (non-hydrogen) atoms. The van der Waals surface area contributed by atoms with E-state index in [0.717, 1.165) is 6.07 Å². The topological polar surface area (TPSA) is 64.1 Å². The number of phenolic OH excluding ortho intramolecular Hbond substituents is 1. The van der Waals surface area contributed by atoms with E-state index in [2.05, 4.69) is 10.9 Å². The highest BCUT2D eigenvalue weighted by Gasteiger charge is 2.65. The van der Waals surface area contributed by atoms with Crippen LogP contribution in [0.2, 0.25) is 0 Å². The number of nitrogens with one attached hydrogen (secondary N) is 2. The van der Waals surface area contributed by atoms with Gasteiger partial charge in [-0.15, -0.1) is 0 Å². The molecule has 3 nitrogen and oxygen atoms in total. The van der Waals surface area contributed by atoms with Gasteiger partial charge in [-0.05, 0) is 17.0 Å². The van der Waals surface area contributed by atoms with Gasteiger partial charge in [-0.1, -0.05) is 32.9 Å². The number of hydrogen-bond donors (Lipinski definition) is 3. The van der Waals surface area contributed by atoms with Gasteiger partial charge in [0.25, 0.3) is 0 Å². The van der Waals surface area contributed by atoms with Crippen molar-refractivity contribution in [2.24, 2.45) is 0 Å². The van der Waals surface area contributed by atoms with Crippen LogP contribution in [0.3, 0.4) is 0 Å². The zero-order valence-electron chi connectivity index (χ0n) is 10.3. The molecule has 1 saturated heterocycles. The van der Waals surface area contributed by atoms with Gasteiger partial charge in [-0.3, -0.25) is 0 Å². The Morgan fingerprint density at radius 1 is 1.11 bits per heavy atom. The van der Waals surface area contributed by atoms with Crippen LogP contribution in [0, 0.1) is 0 Å². The summed E-state index contributed by atoms with van der Waals surface area (Å²) in [4.78, 5) is 0. The van der Waals surface area contributed by atoms with Gasteiger partial charge in [0.05, 0.1) is 0 Å². The highest BCUT2D eigenvalue weighted by atomic mass is 19.4. The monoisotopic (exact) mass is 260 g/mol. The number of halogens is 3. The fourth-order valence-corrected chi connectivity index (χ4v) is 1.91. The lowest BCUT2D eigenvalue weighted by molar-refractivity contribution is -0.165. The number of rotatable bonds is 1. The molecule has 0 amide bonds. The molecule has 1 aromatic carbocycles. The maximum absolute atomic E-state index is 12.8. The number of benzene rings is 1. The molecule has 1 aliphatic rings. The van der Waals surface area contributed by atoms with Gasteiger partial charge >= 0.3 is 6.18 Å². The van der Waals surface area contributed by atoms with Gasteiger partial charge in [0.15, 0.2) is 0 Å². The molecule has 0 aliphatic carbocycles. The van der Waals surface area contributed by atoms with E-state index in [-0.39, 0.29) is 16.7 Å². The van der Waals surface area contributed by atoms with Crippen molar-refractivity contribution < 1.29 is 18.3 Å². The van der Waals surface area contributed by atoms with Crippen molar-refractivity contribution in [2.45, 2.75) is 38.0 Å². The van der Waals surface area contributed by atoms with Gasteiger partial charge in [-0.25, -0.2) is 10.9 Å². The summed E-state index contributed by atoms with van der Waals surface area (Å²) >= 11 is 0. The Labute approximate surface area is 103 Å². The normalized spacial score (nSPS) is 18.8. The van der Waals surface area contributed by atoms with Crippen LogP contribution in [0.1, 0.15) is 31.9 Å². The number of alkyl halides is 3. The van der Waals surface area contributed by atoms with Gasteiger partial charge in [0.1, 0.15) is 5.75 Å². The molecule has 1 aliphatic heterocycles. The molecule has 0 saturated carbocycles. The minimum absolute atomic E-state index is 0.0412. The van der Waals surface area contributed by atoms with Crippen molar-refractivity contribution >= 4 is 0 Å². The summed E-state index contributed by atoms with van der Waals surface area (Å²) in [7, 11) is 0. The van der Waals surface area contributed by atoms with E-state index in [1.54, 1.807) is 0 Å². The van der Waals surface area contributed by atoms with Crippen LogP contribution in [0.4, 0.5) is 13.2 Å². The van der Waals surface area contributed by atoms with Crippen molar-refractivity contribution in [3.63, 3.8) is 0 Å². The van der Waals surface area contributed by atoms with Gasteiger partial charge in [0.2, 0.25) is 5.66 Å². The van der Waals surface area contributed by atoms with Gasteiger partial charge in [-0.2, -0.15) is 13.2 Å². The highest BCUT2D eigenvalue weighted by Crippen LogP contribution is 2.44. The molecule has 1 fully saturated rings. The molecule has 1 aromatic rings. The molecule has 100 valence electrons. The fraction of sp³-hybridized carbons (Fsp3) is 0.500. The summed E-state index contributed by atoms with van der Waals surface area (Å²) in [5.74, 6) is -0.126. The third-order valence-corrected chi connectivity index (χ3v) is 3.04. The lowest BCUT2D eigenvalue weighted by Crippen LogP contribution is -2.34. The van der Waals surface area contributed by atoms with Crippen LogP contribution in [-0.2, 0) is 11.1 Å². The van der Waals surface area contributed by atoms with Crippen LogP contribution < -0.4 is 10.9 Å². The minimum atomic E-state index is -4.46. The molecule has 0 unspecified atom stereocenters. The van der Waals surface area contributed by atoms with Crippen LogP contribution in [0.15, 0.2) is 18.2 Å². The Kier molecular flexibility index (Phi) is 2.64. The Hall–Kier alpha value is -1.27. The van der Waals surface area contributed by atoms with Gasteiger partial charge < -0.3 is 5.11 Å². The van der Waals surface area contributed by atoms with Crippen molar-refractivity contribution in [1.82, 2.24) is 10.9 Å². The SMILES string of the molecule is CC(C)(C)c1ccc(C2(C(F)(F)F)NN2)cc1O. The third-order valence-electron chi connectivity index (χ3n) is 3.04. The molecular weight excluding hydrogens is 245 g/mol. The summed E-state index contributed by atoms with van der Waals surface area (Å²) in [6.45, 7) is 5.65. The largest absolute Gasteiger partial charge is 0.508 e. The van der Waals surface area contributed by atoms with E-state index in [0.29, 0.717) is 5.56 Å². The van der Waals surface area contributed by atoms with E-state index in [1.165, 1.54) is 12.1 Å². The summed E-state index contributed by atoms with van der Waals surface area (Å²) in [5.41, 5.74) is 2.24. The first kappa shape index (κ1) is 13.2. The maximum Gasteiger partial charge on any atom is 0.426 e. The molecule has 3 N–H and O–H groups in total. The molecule has 0 aromatic heterocycles.